The number of nitrogens with zero attached hydrogens (tertiary/aromatic N) is 1. The average Bonchev–Trinajstić information content (AvgIpc) is 2.98. The zero-order valence-corrected chi connectivity index (χ0v) is 15.6. The van der Waals surface area contributed by atoms with Crippen LogP contribution in [0.25, 0.3) is 0 Å². The first-order valence-electron chi connectivity index (χ1n) is 7.20. The highest BCUT2D eigenvalue weighted by Gasteiger charge is 2.21. The van der Waals surface area contributed by atoms with E-state index in [0.717, 1.165) is 10.4 Å². The lowest BCUT2D eigenvalue weighted by Crippen LogP contribution is -2.27. The van der Waals surface area contributed by atoms with Gasteiger partial charge in [0.05, 0.1) is 13.7 Å². The molecule has 0 fully saturated rings. The number of hydrogen-bond donors (Lipinski definition) is 1. The Balaban J connectivity index is 2.33. The molecule has 0 aliphatic rings. The van der Waals surface area contributed by atoms with E-state index in [0.29, 0.717) is 12.1 Å². The molecule has 130 valence electrons. The summed E-state index contributed by atoms with van der Waals surface area (Å²) in [6.45, 7) is 2.47. The van der Waals surface area contributed by atoms with Crippen molar-refractivity contribution >= 4 is 27.3 Å². The van der Waals surface area contributed by atoms with Gasteiger partial charge in [-0.3, -0.25) is 4.79 Å². The van der Waals surface area contributed by atoms with E-state index in [1.54, 1.807) is 29.4 Å². The summed E-state index contributed by atoms with van der Waals surface area (Å²) >= 11 is 1.59. The Kier molecular flexibility index (Phi) is 5.63. The number of amides is 1. The molecule has 0 unspecified atom stereocenters. The third-order valence-corrected chi connectivity index (χ3v) is 6.11. The Morgan fingerprint density at radius 2 is 2.04 bits per heavy atom. The summed E-state index contributed by atoms with van der Waals surface area (Å²) in [5.74, 6) is -0.0596. The summed E-state index contributed by atoms with van der Waals surface area (Å²) in [6, 6.07) is 6.39. The summed E-state index contributed by atoms with van der Waals surface area (Å²) < 4.78 is 31.6. The normalized spacial score (nSPS) is 11.3. The smallest absolute Gasteiger partial charge is 0.253 e. The fraction of sp³-hybridized carbons (Fsp3) is 0.312. The van der Waals surface area contributed by atoms with Gasteiger partial charge in [0.2, 0.25) is 10.0 Å². The molecule has 0 saturated carbocycles. The quantitative estimate of drug-likeness (QED) is 0.848. The molecule has 0 bridgehead atoms. The number of nitrogens with one attached hydrogen (secondary N) is 1. The maximum Gasteiger partial charge on any atom is 0.253 e. The maximum absolute atomic E-state index is 12.6. The van der Waals surface area contributed by atoms with E-state index in [2.05, 4.69) is 4.72 Å². The molecule has 1 heterocycles. The van der Waals surface area contributed by atoms with Crippen molar-refractivity contribution in [2.75, 3.05) is 21.2 Å². The van der Waals surface area contributed by atoms with E-state index in [-0.39, 0.29) is 16.6 Å². The van der Waals surface area contributed by atoms with Gasteiger partial charge in [0, 0.05) is 17.5 Å². The van der Waals surface area contributed by atoms with Crippen LogP contribution in [0.4, 0.5) is 0 Å². The molecule has 0 radical (unpaired) electrons. The van der Waals surface area contributed by atoms with Crippen LogP contribution in [0.2, 0.25) is 0 Å². The van der Waals surface area contributed by atoms with Gasteiger partial charge < -0.3 is 9.64 Å². The fourth-order valence-corrected chi connectivity index (χ4v) is 4.08. The standard InChI is InChI=1S/C16H20N2O4S2/c1-11-7-8-23-14(11)10-18(3)16(19)12-5-6-13(22-4)15(9-12)24(20,21)17-2/h5-9,17H,10H2,1-4H3. The van der Waals surface area contributed by atoms with Crippen molar-refractivity contribution < 1.29 is 17.9 Å². The molecule has 8 heteroatoms. The molecule has 2 rings (SSSR count). The minimum Gasteiger partial charge on any atom is -0.495 e. The number of benzene rings is 1. The van der Waals surface area contributed by atoms with Crippen molar-refractivity contribution in [3.8, 4) is 5.75 Å². The zero-order valence-electron chi connectivity index (χ0n) is 14.0. The molecule has 2 aromatic rings. The van der Waals surface area contributed by atoms with Crippen molar-refractivity contribution in [3.05, 3.63) is 45.6 Å². The van der Waals surface area contributed by atoms with E-state index in [1.807, 2.05) is 18.4 Å². The van der Waals surface area contributed by atoms with Gasteiger partial charge in [0.25, 0.3) is 5.91 Å². The first-order valence-corrected chi connectivity index (χ1v) is 9.56. The number of hydrogen-bond acceptors (Lipinski definition) is 5. The largest absolute Gasteiger partial charge is 0.495 e. The molecule has 1 amide bonds. The number of sulfonamides is 1. The van der Waals surface area contributed by atoms with Crippen LogP contribution >= 0.6 is 11.3 Å². The summed E-state index contributed by atoms with van der Waals surface area (Å²) in [5.41, 5.74) is 1.43. The highest BCUT2D eigenvalue weighted by molar-refractivity contribution is 7.89. The second-order valence-corrected chi connectivity index (χ2v) is 8.12. The van der Waals surface area contributed by atoms with Crippen molar-refractivity contribution in [3.63, 3.8) is 0 Å². The molecule has 6 nitrogen and oxygen atoms in total. The molecule has 0 aliphatic carbocycles. The van der Waals surface area contributed by atoms with Gasteiger partial charge in [-0.25, -0.2) is 13.1 Å². The van der Waals surface area contributed by atoms with Crippen LogP contribution in [0, 0.1) is 6.92 Å². The van der Waals surface area contributed by atoms with Crippen LogP contribution in [-0.2, 0) is 16.6 Å². The summed E-state index contributed by atoms with van der Waals surface area (Å²) in [6.07, 6.45) is 0. The van der Waals surface area contributed by atoms with Crippen molar-refractivity contribution in [2.24, 2.45) is 0 Å². The molecule has 0 atom stereocenters. The molecule has 1 N–H and O–H groups in total. The molecule has 1 aromatic heterocycles. The average molecular weight is 368 g/mol. The predicted octanol–water partition coefficient (Wildman–Crippen LogP) is 2.25. The number of ether oxygens (including phenoxy) is 1. The monoisotopic (exact) mass is 368 g/mol. The lowest BCUT2D eigenvalue weighted by Gasteiger charge is -2.18. The van der Waals surface area contributed by atoms with Crippen molar-refractivity contribution in [1.29, 1.82) is 0 Å². The Morgan fingerprint density at radius 3 is 2.58 bits per heavy atom. The van der Waals surface area contributed by atoms with Gasteiger partial charge in [-0.05, 0) is 49.2 Å². The number of rotatable bonds is 6. The molecule has 0 aliphatic heterocycles. The Morgan fingerprint density at radius 1 is 1.33 bits per heavy atom. The van der Waals surface area contributed by atoms with Crippen LogP contribution in [-0.4, -0.2) is 40.4 Å². The van der Waals surface area contributed by atoms with Crippen LogP contribution in [0.3, 0.4) is 0 Å². The predicted molar refractivity (Wildman–Crippen MR) is 94.1 cm³/mol. The van der Waals surface area contributed by atoms with E-state index >= 15 is 0 Å². The lowest BCUT2D eigenvalue weighted by atomic mass is 10.2. The lowest BCUT2D eigenvalue weighted by molar-refractivity contribution is 0.0786. The zero-order chi connectivity index (χ0) is 17.9. The first kappa shape index (κ1) is 18.4. The van der Waals surface area contributed by atoms with Crippen molar-refractivity contribution in [1.82, 2.24) is 9.62 Å². The van der Waals surface area contributed by atoms with Crippen LogP contribution < -0.4 is 9.46 Å². The summed E-state index contributed by atoms with van der Waals surface area (Å²) in [4.78, 5) is 15.2. The minimum absolute atomic E-state index is 0.0564. The van der Waals surface area contributed by atoms with Crippen molar-refractivity contribution in [2.45, 2.75) is 18.4 Å². The molecule has 1 aromatic carbocycles. The summed E-state index contributed by atoms with van der Waals surface area (Å²) in [7, 11) is 0.670. The molecular formula is C16H20N2O4S2. The Labute approximate surface area is 146 Å². The number of carbonyl (C=O) groups is 1. The van der Waals surface area contributed by atoms with E-state index in [1.165, 1.54) is 26.3 Å². The van der Waals surface area contributed by atoms with Gasteiger partial charge >= 0.3 is 0 Å². The maximum atomic E-state index is 12.6. The summed E-state index contributed by atoms with van der Waals surface area (Å²) in [5, 5.41) is 1.98. The highest BCUT2D eigenvalue weighted by Crippen LogP contribution is 2.26. The van der Waals surface area contributed by atoms with Crippen LogP contribution in [0.5, 0.6) is 5.75 Å². The fourth-order valence-electron chi connectivity index (χ4n) is 2.20. The SMILES string of the molecule is CNS(=O)(=O)c1cc(C(=O)N(C)Cc2sccc2C)ccc1OC. The van der Waals surface area contributed by atoms with Gasteiger partial charge in [0.1, 0.15) is 10.6 Å². The Hall–Kier alpha value is -1.90. The molecule has 0 spiro atoms. The van der Waals surface area contributed by atoms with Crippen LogP contribution in [0.15, 0.2) is 34.5 Å². The number of aryl methyl sites for hydroxylation is 1. The van der Waals surface area contributed by atoms with E-state index < -0.39 is 10.0 Å². The van der Waals surface area contributed by atoms with Gasteiger partial charge in [0.15, 0.2) is 0 Å². The van der Waals surface area contributed by atoms with Crippen LogP contribution in [0.1, 0.15) is 20.8 Å². The van der Waals surface area contributed by atoms with Gasteiger partial charge in [-0.1, -0.05) is 0 Å². The van der Waals surface area contributed by atoms with E-state index in [4.69, 9.17) is 4.74 Å². The number of methoxy groups -OCH3 is 1. The number of carbonyl (C=O) groups excluding carboxylic acids is 1. The molecular weight excluding hydrogens is 348 g/mol. The highest BCUT2D eigenvalue weighted by atomic mass is 32.2. The van der Waals surface area contributed by atoms with E-state index in [9.17, 15) is 13.2 Å². The Bertz CT molecular complexity index is 844. The second kappa shape index (κ2) is 7.33. The third kappa shape index (κ3) is 3.77. The minimum atomic E-state index is -3.72. The van der Waals surface area contributed by atoms with Gasteiger partial charge in [-0.15, -0.1) is 11.3 Å². The number of thiophene rings is 1. The third-order valence-electron chi connectivity index (χ3n) is 3.66. The van der Waals surface area contributed by atoms with Gasteiger partial charge in [-0.2, -0.15) is 0 Å². The topological polar surface area (TPSA) is 75.7 Å². The molecule has 24 heavy (non-hydrogen) atoms. The molecule has 0 saturated heterocycles. The first-order chi connectivity index (χ1) is 11.3. The second-order valence-electron chi connectivity index (χ2n) is 5.26.